The van der Waals surface area contributed by atoms with Gasteiger partial charge in [-0.3, -0.25) is 4.79 Å². The van der Waals surface area contributed by atoms with Crippen LogP contribution in [-0.4, -0.2) is 50.1 Å². The molecule has 0 aromatic heterocycles. The molecule has 1 atom stereocenters. The van der Waals surface area contributed by atoms with Crippen molar-refractivity contribution >= 4 is 32.6 Å². The Bertz CT molecular complexity index is 991. The minimum Gasteiger partial charge on any atom is -0.325 e. The number of nitrogens with one attached hydrogen (secondary N) is 1. The van der Waals surface area contributed by atoms with E-state index in [9.17, 15) is 13.2 Å². The molecule has 1 saturated heterocycles. The van der Waals surface area contributed by atoms with E-state index in [2.05, 4.69) is 17.4 Å². The quantitative estimate of drug-likeness (QED) is 0.876. The van der Waals surface area contributed by atoms with Gasteiger partial charge in [-0.2, -0.15) is 17.0 Å². The molecule has 0 bridgehead atoms. The highest BCUT2D eigenvalue weighted by Gasteiger charge is 2.33. The molecule has 4 rings (SSSR count). The molecule has 6 nitrogen and oxygen atoms in total. The normalized spacial score (nSPS) is 20.3. The second kappa shape index (κ2) is 6.89. The molecule has 1 amide bonds. The van der Waals surface area contributed by atoms with Crippen molar-refractivity contribution in [3.8, 4) is 0 Å². The Balaban J connectivity index is 1.56. The predicted molar refractivity (Wildman–Crippen MR) is 107 cm³/mol. The van der Waals surface area contributed by atoms with Crippen molar-refractivity contribution < 1.29 is 13.2 Å². The Morgan fingerprint density at radius 2 is 1.89 bits per heavy atom. The summed E-state index contributed by atoms with van der Waals surface area (Å²) in [7, 11) is -0.451. The van der Waals surface area contributed by atoms with Gasteiger partial charge in [-0.1, -0.05) is 24.3 Å². The van der Waals surface area contributed by atoms with Gasteiger partial charge in [0.1, 0.15) is 0 Å². The summed E-state index contributed by atoms with van der Waals surface area (Å²) in [5.74, 6) is -0.441. The maximum Gasteiger partial charge on any atom is 0.281 e. The lowest BCUT2D eigenvalue weighted by Crippen LogP contribution is -2.47. The molecule has 1 fully saturated rings. The summed E-state index contributed by atoms with van der Waals surface area (Å²) in [4.78, 5) is 12.9. The van der Waals surface area contributed by atoms with Crippen LogP contribution in [0.2, 0.25) is 0 Å². The van der Waals surface area contributed by atoms with Gasteiger partial charge in [-0.15, -0.1) is 0 Å². The third-order valence-corrected chi connectivity index (χ3v) is 7.58. The van der Waals surface area contributed by atoms with Crippen molar-refractivity contribution in [3.63, 3.8) is 0 Å². The maximum atomic E-state index is 12.9. The van der Waals surface area contributed by atoms with Gasteiger partial charge in [-0.25, -0.2) is 0 Å². The number of aryl methyl sites for hydroxylation is 2. The summed E-state index contributed by atoms with van der Waals surface area (Å²) >= 11 is 0. The van der Waals surface area contributed by atoms with Crippen LogP contribution in [0.25, 0.3) is 10.8 Å². The highest BCUT2D eigenvalue weighted by molar-refractivity contribution is 7.86. The van der Waals surface area contributed by atoms with E-state index in [-0.39, 0.29) is 18.4 Å². The number of nitrogens with zero attached hydrogens (tertiary/aromatic N) is 2. The van der Waals surface area contributed by atoms with Gasteiger partial charge in [0.05, 0.1) is 5.92 Å². The first-order valence-electron chi connectivity index (χ1n) is 9.40. The van der Waals surface area contributed by atoms with Crippen LogP contribution in [0.5, 0.6) is 0 Å². The fourth-order valence-corrected chi connectivity index (χ4v) is 5.38. The molecule has 1 aliphatic heterocycles. The molecule has 2 aromatic carbocycles. The summed E-state index contributed by atoms with van der Waals surface area (Å²) in [5, 5.41) is 5.40. The molecule has 1 unspecified atom stereocenters. The lowest BCUT2D eigenvalue weighted by atomic mass is 9.98. The number of hydrogen-bond acceptors (Lipinski definition) is 3. The molecule has 2 aromatic rings. The largest absolute Gasteiger partial charge is 0.325 e. The topological polar surface area (TPSA) is 69.7 Å². The number of hydrogen-bond donors (Lipinski definition) is 1. The number of carbonyl (C=O) groups is 1. The molecular weight excluding hydrogens is 362 g/mol. The Labute approximate surface area is 160 Å². The standard InChI is InChI=1S/C20H25N3O3S/c1-22(2)27(25,26)23-12-4-6-16(13-23)20(24)21-18-11-10-15-9-8-14-5-3-7-17(18)19(14)15/h3,5,7,10-11,16H,4,6,8-9,12-13H2,1-2H3,(H,21,24). The van der Waals surface area contributed by atoms with Crippen LogP contribution in [0, 0.1) is 5.92 Å². The highest BCUT2D eigenvalue weighted by atomic mass is 32.2. The summed E-state index contributed by atoms with van der Waals surface area (Å²) in [5.41, 5.74) is 3.48. The molecular formula is C20H25N3O3S. The number of carbonyl (C=O) groups excluding carboxylic acids is 1. The van der Waals surface area contributed by atoms with Gasteiger partial charge in [0.2, 0.25) is 5.91 Å². The summed E-state index contributed by atoms with van der Waals surface area (Å²) in [6, 6.07) is 10.3. The van der Waals surface area contributed by atoms with Crippen molar-refractivity contribution in [3.05, 3.63) is 41.5 Å². The van der Waals surface area contributed by atoms with Crippen LogP contribution in [0.4, 0.5) is 5.69 Å². The minimum absolute atomic E-state index is 0.104. The number of anilines is 1. The molecule has 2 aliphatic rings. The van der Waals surface area contributed by atoms with Crippen LogP contribution in [0.3, 0.4) is 0 Å². The van der Waals surface area contributed by atoms with Crippen molar-refractivity contribution in [2.24, 2.45) is 5.92 Å². The summed E-state index contributed by atoms with van der Waals surface area (Å²) in [6.45, 7) is 0.693. The Kier molecular flexibility index (Phi) is 4.70. The van der Waals surface area contributed by atoms with Crippen molar-refractivity contribution in [2.75, 3.05) is 32.5 Å². The van der Waals surface area contributed by atoms with Gasteiger partial charge in [-0.05, 0) is 48.3 Å². The Morgan fingerprint density at radius 1 is 1.15 bits per heavy atom. The molecule has 0 spiro atoms. The van der Waals surface area contributed by atoms with E-state index in [1.54, 1.807) is 0 Å². The average molecular weight is 388 g/mol. The first-order chi connectivity index (χ1) is 12.9. The minimum atomic E-state index is -3.49. The van der Waals surface area contributed by atoms with E-state index in [1.165, 1.54) is 39.2 Å². The van der Waals surface area contributed by atoms with Crippen LogP contribution in [-0.2, 0) is 27.8 Å². The van der Waals surface area contributed by atoms with Gasteiger partial charge in [0, 0.05) is 38.3 Å². The third-order valence-electron chi connectivity index (χ3n) is 5.68. The van der Waals surface area contributed by atoms with E-state index >= 15 is 0 Å². The molecule has 0 saturated carbocycles. The van der Waals surface area contributed by atoms with Gasteiger partial charge in [0.15, 0.2) is 0 Å². The number of amides is 1. The van der Waals surface area contributed by atoms with E-state index in [4.69, 9.17) is 0 Å². The molecule has 0 radical (unpaired) electrons. The first-order valence-corrected chi connectivity index (χ1v) is 10.8. The van der Waals surface area contributed by atoms with Crippen molar-refractivity contribution in [1.29, 1.82) is 0 Å². The zero-order chi connectivity index (χ0) is 19.2. The summed E-state index contributed by atoms with van der Waals surface area (Å²) < 4.78 is 27.4. The Hall–Kier alpha value is -1.96. The van der Waals surface area contributed by atoms with Crippen LogP contribution < -0.4 is 5.32 Å². The second-order valence-electron chi connectivity index (χ2n) is 7.59. The fourth-order valence-electron chi connectivity index (χ4n) is 4.19. The fraction of sp³-hybridized carbons (Fsp3) is 0.450. The van der Waals surface area contributed by atoms with Gasteiger partial charge in [0.25, 0.3) is 10.2 Å². The Morgan fingerprint density at radius 3 is 2.63 bits per heavy atom. The predicted octanol–water partition coefficient (Wildman–Crippen LogP) is 2.40. The second-order valence-corrected chi connectivity index (χ2v) is 9.73. The van der Waals surface area contributed by atoms with Crippen molar-refractivity contribution in [2.45, 2.75) is 25.7 Å². The van der Waals surface area contributed by atoms with E-state index in [1.807, 2.05) is 18.2 Å². The van der Waals surface area contributed by atoms with Crippen LogP contribution in [0.1, 0.15) is 24.0 Å². The SMILES string of the molecule is CN(C)S(=O)(=O)N1CCCC(C(=O)Nc2ccc3c4c(cccc24)CC3)C1. The van der Waals surface area contributed by atoms with Crippen LogP contribution in [0.15, 0.2) is 30.3 Å². The lowest BCUT2D eigenvalue weighted by molar-refractivity contribution is -0.120. The molecule has 27 heavy (non-hydrogen) atoms. The van der Waals surface area contributed by atoms with Crippen LogP contribution >= 0.6 is 0 Å². The zero-order valence-corrected chi connectivity index (χ0v) is 16.6. The number of piperidine rings is 1. The van der Waals surface area contributed by atoms with Gasteiger partial charge >= 0.3 is 0 Å². The van der Waals surface area contributed by atoms with E-state index < -0.39 is 10.2 Å². The molecule has 1 aliphatic carbocycles. The smallest absolute Gasteiger partial charge is 0.281 e. The third kappa shape index (κ3) is 3.24. The number of benzene rings is 2. The molecule has 144 valence electrons. The lowest BCUT2D eigenvalue weighted by Gasteiger charge is -2.32. The number of rotatable bonds is 4. The summed E-state index contributed by atoms with van der Waals surface area (Å²) in [6.07, 6.45) is 3.48. The van der Waals surface area contributed by atoms with E-state index in [0.29, 0.717) is 19.4 Å². The van der Waals surface area contributed by atoms with Gasteiger partial charge < -0.3 is 5.32 Å². The molecule has 7 heteroatoms. The van der Waals surface area contributed by atoms with E-state index in [0.717, 1.165) is 23.9 Å². The first kappa shape index (κ1) is 18.4. The monoisotopic (exact) mass is 387 g/mol. The maximum absolute atomic E-state index is 12.9. The zero-order valence-electron chi connectivity index (χ0n) is 15.7. The molecule has 1 heterocycles. The molecule has 1 N–H and O–H groups in total. The highest BCUT2D eigenvalue weighted by Crippen LogP contribution is 2.35. The van der Waals surface area contributed by atoms with Crippen molar-refractivity contribution in [1.82, 2.24) is 8.61 Å². The average Bonchev–Trinajstić information content (AvgIpc) is 3.08.